The fourth-order valence-corrected chi connectivity index (χ4v) is 3.81. The van der Waals surface area contributed by atoms with Gasteiger partial charge in [-0.25, -0.2) is 0 Å². The Morgan fingerprint density at radius 1 is 0.917 bits per heavy atom. The summed E-state index contributed by atoms with van der Waals surface area (Å²) in [4.78, 5) is 17.5. The second-order valence-corrected chi connectivity index (χ2v) is 7.22. The molecule has 0 bridgehead atoms. The van der Waals surface area contributed by atoms with E-state index in [9.17, 15) is 4.79 Å². The van der Waals surface area contributed by atoms with Crippen molar-refractivity contribution in [1.82, 2.24) is 15.1 Å². The number of amides is 1. The molecule has 2 aliphatic heterocycles. The van der Waals surface area contributed by atoms with Gasteiger partial charge in [0.2, 0.25) is 5.91 Å². The molecule has 24 heavy (non-hydrogen) atoms. The zero-order chi connectivity index (χ0) is 16.6. The van der Waals surface area contributed by atoms with Gasteiger partial charge in [-0.05, 0) is 57.4 Å². The highest BCUT2D eigenvalue weighted by Gasteiger charge is 2.25. The molecule has 1 aromatic carbocycles. The minimum absolute atomic E-state index is 0.194. The van der Waals surface area contributed by atoms with E-state index in [-0.39, 0.29) is 11.8 Å². The van der Waals surface area contributed by atoms with Gasteiger partial charge >= 0.3 is 0 Å². The maximum atomic E-state index is 12.3. The molecule has 4 heteroatoms. The van der Waals surface area contributed by atoms with Crippen molar-refractivity contribution in [1.29, 1.82) is 0 Å². The largest absolute Gasteiger partial charge is 0.352 e. The molecule has 1 aromatic rings. The summed E-state index contributed by atoms with van der Waals surface area (Å²) in [5.74, 6) is 0.425. The van der Waals surface area contributed by atoms with E-state index in [1.54, 1.807) is 0 Å². The number of rotatable bonds is 6. The van der Waals surface area contributed by atoms with Gasteiger partial charge in [0, 0.05) is 25.6 Å². The molecule has 2 aliphatic rings. The second-order valence-electron chi connectivity index (χ2n) is 7.22. The first-order valence-electron chi connectivity index (χ1n) is 9.57. The van der Waals surface area contributed by atoms with Crippen molar-refractivity contribution < 1.29 is 4.79 Å². The molecule has 4 nitrogen and oxygen atoms in total. The van der Waals surface area contributed by atoms with E-state index in [1.807, 2.05) is 18.2 Å². The Balaban J connectivity index is 1.33. The Morgan fingerprint density at radius 3 is 2.21 bits per heavy atom. The first-order chi connectivity index (χ1) is 11.8. The van der Waals surface area contributed by atoms with Gasteiger partial charge in [0.1, 0.15) is 0 Å². The zero-order valence-electron chi connectivity index (χ0n) is 14.8. The molecule has 0 atom stereocenters. The molecule has 1 amide bonds. The number of benzene rings is 1. The van der Waals surface area contributed by atoms with Crippen molar-refractivity contribution in [2.45, 2.75) is 38.6 Å². The normalized spacial score (nSPS) is 20.8. The number of carbonyl (C=O) groups is 1. The van der Waals surface area contributed by atoms with Crippen LogP contribution in [-0.4, -0.2) is 55.0 Å². The van der Waals surface area contributed by atoms with Crippen LogP contribution in [0.5, 0.6) is 0 Å². The van der Waals surface area contributed by atoms with E-state index in [0.717, 1.165) is 25.9 Å². The maximum Gasteiger partial charge on any atom is 0.223 e. The Morgan fingerprint density at radius 2 is 1.54 bits per heavy atom. The smallest absolute Gasteiger partial charge is 0.223 e. The molecule has 2 fully saturated rings. The van der Waals surface area contributed by atoms with Crippen molar-refractivity contribution in [3.05, 3.63) is 35.9 Å². The Kier molecular flexibility index (Phi) is 6.67. The van der Waals surface area contributed by atoms with Crippen molar-refractivity contribution in [2.75, 3.05) is 39.3 Å². The van der Waals surface area contributed by atoms with Crippen LogP contribution in [-0.2, 0) is 11.3 Å². The summed E-state index contributed by atoms with van der Waals surface area (Å²) in [6.45, 7) is 7.70. The van der Waals surface area contributed by atoms with Crippen LogP contribution in [0.2, 0.25) is 0 Å². The van der Waals surface area contributed by atoms with Crippen LogP contribution >= 0.6 is 0 Å². The van der Waals surface area contributed by atoms with Crippen LogP contribution in [0, 0.1) is 5.92 Å². The van der Waals surface area contributed by atoms with Crippen LogP contribution in [0.25, 0.3) is 0 Å². The van der Waals surface area contributed by atoms with E-state index in [1.165, 1.54) is 51.0 Å². The van der Waals surface area contributed by atoms with Gasteiger partial charge in [0.05, 0.1) is 0 Å². The number of hydrogen-bond donors (Lipinski definition) is 1. The van der Waals surface area contributed by atoms with E-state index in [2.05, 4.69) is 27.2 Å². The molecule has 0 aromatic heterocycles. The molecule has 3 rings (SSSR count). The molecule has 0 spiro atoms. The summed E-state index contributed by atoms with van der Waals surface area (Å²) in [5, 5.41) is 3.10. The zero-order valence-corrected chi connectivity index (χ0v) is 14.8. The van der Waals surface area contributed by atoms with Crippen LogP contribution in [0.4, 0.5) is 0 Å². The predicted octanol–water partition coefficient (Wildman–Crippen LogP) is 2.50. The van der Waals surface area contributed by atoms with E-state index in [0.29, 0.717) is 6.54 Å². The minimum atomic E-state index is 0.194. The van der Waals surface area contributed by atoms with Crippen molar-refractivity contribution in [2.24, 2.45) is 5.92 Å². The summed E-state index contributed by atoms with van der Waals surface area (Å²) in [5.41, 5.74) is 1.17. The van der Waals surface area contributed by atoms with Crippen LogP contribution in [0.1, 0.15) is 37.7 Å². The average molecular weight is 329 g/mol. The van der Waals surface area contributed by atoms with E-state index in [4.69, 9.17) is 0 Å². The highest BCUT2D eigenvalue weighted by Crippen LogP contribution is 2.18. The number of piperidine rings is 2. The van der Waals surface area contributed by atoms with Crippen molar-refractivity contribution in [3.63, 3.8) is 0 Å². The molecule has 132 valence electrons. The Bertz CT molecular complexity index is 491. The number of hydrogen-bond acceptors (Lipinski definition) is 3. The van der Waals surface area contributed by atoms with Crippen LogP contribution in [0.15, 0.2) is 30.3 Å². The molecule has 2 saturated heterocycles. The monoisotopic (exact) mass is 329 g/mol. The lowest BCUT2D eigenvalue weighted by Crippen LogP contribution is -2.43. The average Bonchev–Trinajstić information content (AvgIpc) is 2.66. The topological polar surface area (TPSA) is 35.6 Å². The first kappa shape index (κ1) is 17.4. The number of nitrogens with one attached hydrogen (secondary N) is 1. The maximum absolute atomic E-state index is 12.3. The number of carbonyl (C=O) groups excluding carboxylic acids is 1. The molecule has 0 radical (unpaired) electrons. The third-order valence-electron chi connectivity index (χ3n) is 5.45. The Labute approximate surface area is 146 Å². The molecule has 0 aliphatic carbocycles. The first-order valence-corrected chi connectivity index (χ1v) is 9.57. The van der Waals surface area contributed by atoms with Gasteiger partial charge in [-0.3, -0.25) is 4.79 Å². The fraction of sp³-hybridized carbons (Fsp3) is 0.650. The predicted molar refractivity (Wildman–Crippen MR) is 97.7 cm³/mol. The van der Waals surface area contributed by atoms with E-state index < -0.39 is 0 Å². The second kappa shape index (κ2) is 9.19. The third-order valence-corrected chi connectivity index (χ3v) is 5.45. The lowest BCUT2D eigenvalue weighted by Gasteiger charge is -2.34. The SMILES string of the molecule is O=C(NCc1ccccc1)C1CCN(CCN2CCCCC2)CC1. The quantitative estimate of drug-likeness (QED) is 0.871. The molecular formula is C20H31N3O. The molecule has 0 unspecified atom stereocenters. The fourth-order valence-electron chi connectivity index (χ4n) is 3.81. The Hall–Kier alpha value is -1.39. The molecule has 1 N–H and O–H groups in total. The highest BCUT2D eigenvalue weighted by atomic mass is 16.1. The summed E-state index contributed by atoms with van der Waals surface area (Å²) < 4.78 is 0. The van der Waals surface area contributed by atoms with Gasteiger partial charge < -0.3 is 15.1 Å². The third kappa shape index (κ3) is 5.32. The highest BCUT2D eigenvalue weighted by molar-refractivity contribution is 5.78. The van der Waals surface area contributed by atoms with Crippen LogP contribution in [0.3, 0.4) is 0 Å². The van der Waals surface area contributed by atoms with Crippen molar-refractivity contribution in [3.8, 4) is 0 Å². The van der Waals surface area contributed by atoms with Gasteiger partial charge in [-0.2, -0.15) is 0 Å². The van der Waals surface area contributed by atoms with Crippen molar-refractivity contribution >= 4 is 5.91 Å². The lowest BCUT2D eigenvalue weighted by atomic mass is 9.96. The summed E-state index contributed by atoms with van der Waals surface area (Å²) in [6.07, 6.45) is 6.13. The lowest BCUT2D eigenvalue weighted by molar-refractivity contribution is -0.126. The molecule has 0 saturated carbocycles. The van der Waals surface area contributed by atoms with Gasteiger partial charge in [0.15, 0.2) is 0 Å². The molecular weight excluding hydrogens is 298 g/mol. The van der Waals surface area contributed by atoms with Crippen LogP contribution < -0.4 is 5.32 Å². The minimum Gasteiger partial charge on any atom is -0.352 e. The number of likely N-dealkylation sites (tertiary alicyclic amines) is 2. The standard InChI is InChI=1S/C20H31N3O/c24-20(21-17-18-7-3-1-4-8-18)19-9-13-23(14-10-19)16-15-22-11-5-2-6-12-22/h1,3-4,7-8,19H,2,5-6,9-17H2,(H,21,24). The summed E-state index contributed by atoms with van der Waals surface area (Å²) >= 11 is 0. The van der Waals surface area contributed by atoms with Gasteiger partial charge in [-0.15, -0.1) is 0 Å². The summed E-state index contributed by atoms with van der Waals surface area (Å²) in [7, 11) is 0. The molecule has 2 heterocycles. The number of nitrogens with zero attached hydrogens (tertiary/aromatic N) is 2. The van der Waals surface area contributed by atoms with Gasteiger partial charge in [0.25, 0.3) is 0 Å². The van der Waals surface area contributed by atoms with Gasteiger partial charge in [-0.1, -0.05) is 36.8 Å². The van der Waals surface area contributed by atoms with E-state index >= 15 is 0 Å². The summed E-state index contributed by atoms with van der Waals surface area (Å²) in [6, 6.07) is 10.2.